The summed E-state index contributed by atoms with van der Waals surface area (Å²) >= 11 is 0. The minimum absolute atomic E-state index is 0.124. The second kappa shape index (κ2) is 8.46. The first kappa shape index (κ1) is 21.6. The Hall–Kier alpha value is -2.67. The molecule has 1 fully saturated rings. The van der Waals surface area contributed by atoms with Gasteiger partial charge in [-0.1, -0.05) is 29.4 Å². The van der Waals surface area contributed by atoms with Crippen LogP contribution in [0.4, 0.5) is 5.69 Å². The van der Waals surface area contributed by atoms with Gasteiger partial charge in [-0.2, -0.15) is 10.2 Å². The Morgan fingerprint density at radius 1 is 1.26 bits per heavy atom. The van der Waals surface area contributed by atoms with Crippen LogP contribution in [0.5, 0.6) is 0 Å². The van der Waals surface area contributed by atoms with Crippen molar-refractivity contribution >= 4 is 15.5 Å². The van der Waals surface area contributed by atoms with E-state index in [2.05, 4.69) is 10.1 Å². The standard InChI is InChI=1S/C20H22N4O6S/c1-31(28,29)17-7-5-13(6-8-17)11-23-12-16(25)10-18(23)20-21-19(22-30-20)14-3-2-4-15(9-14)24(26)27/h2-9,16,18,24-26H,10-12H2,1H3. The molecule has 2 heterocycles. The summed E-state index contributed by atoms with van der Waals surface area (Å²) in [4.78, 5) is 6.67. The summed E-state index contributed by atoms with van der Waals surface area (Å²) in [6.07, 6.45) is 1.01. The maximum absolute atomic E-state index is 11.6. The van der Waals surface area contributed by atoms with Crippen LogP contribution < -0.4 is 5.23 Å². The number of β-amino-alcohol motifs (C(OH)–C–C–N with tert-alkyl or cyclic N) is 1. The number of sulfone groups is 1. The van der Waals surface area contributed by atoms with E-state index in [0.29, 0.717) is 31.0 Å². The summed E-state index contributed by atoms with van der Waals surface area (Å²) in [6, 6.07) is 12.6. The summed E-state index contributed by atoms with van der Waals surface area (Å²) in [5.41, 5.74) is 1.54. The minimum Gasteiger partial charge on any atom is -0.595 e. The van der Waals surface area contributed by atoms with Crippen molar-refractivity contribution in [2.45, 2.75) is 30.0 Å². The Kier molecular flexibility index (Phi) is 5.88. The summed E-state index contributed by atoms with van der Waals surface area (Å²) in [5.74, 6) is 0.608. The topological polar surface area (TPSA) is 144 Å². The number of aliphatic hydroxyl groups excluding tert-OH is 1. The van der Waals surface area contributed by atoms with E-state index < -0.39 is 21.2 Å². The summed E-state index contributed by atoms with van der Waals surface area (Å²) in [6.45, 7) is 0.878. The monoisotopic (exact) mass is 446 g/mol. The number of rotatable bonds is 6. The number of hydrogen-bond donors (Lipinski definition) is 3. The number of aliphatic hydroxyl groups is 1. The lowest BCUT2D eigenvalue weighted by atomic mass is 10.1. The van der Waals surface area contributed by atoms with E-state index in [1.54, 1.807) is 36.4 Å². The van der Waals surface area contributed by atoms with Crippen molar-refractivity contribution in [3.8, 4) is 11.4 Å². The van der Waals surface area contributed by atoms with E-state index in [9.17, 15) is 18.7 Å². The molecule has 0 radical (unpaired) electrons. The first-order valence-corrected chi connectivity index (χ1v) is 11.5. The van der Waals surface area contributed by atoms with Gasteiger partial charge in [-0.05, 0) is 24.1 Å². The van der Waals surface area contributed by atoms with Crippen LogP contribution in [0.25, 0.3) is 11.4 Å². The highest BCUT2D eigenvalue weighted by molar-refractivity contribution is 7.90. The Bertz CT molecular complexity index is 1160. The molecule has 31 heavy (non-hydrogen) atoms. The van der Waals surface area contributed by atoms with Crippen LogP contribution in [0.2, 0.25) is 0 Å². The molecule has 2 aromatic carbocycles. The van der Waals surface area contributed by atoms with Crippen molar-refractivity contribution in [2.24, 2.45) is 0 Å². The van der Waals surface area contributed by atoms with Gasteiger partial charge in [0.2, 0.25) is 11.7 Å². The fraction of sp³-hybridized carbons (Fsp3) is 0.300. The van der Waals surface area contributed by atoms with Crippen molar-refractivity contribution in [3.63, 3.8) is 0 Å². The minimum atomic E-state index is -3.27. The molecular weight excluding hydrogens is 424 g/mol. The van der Waals surface area contributed by atoms with Gasteiger partial charge in [0.15, 0.2) is 15.5 Å². The SMILES string of the molecule is CS(=O)(=O)c1ccc(CN2CC(O)CC2c2nc(-c3cccc([NH+]([O-])O)c3)no2)cc1. The lowest BCUT2D eigenvalue weighted by Gasteiger charge is -2.21. The highest BCUT2D eigenvalue weighted by Gasteiger charge is 2.36. The van der Waals surface area contributed by atoms with Crippen LogP contribution in [0.3, 0.4) is 0 Å². The van der Waals surface area contributed by atoms with Crippen molar-refractivity contribution < 1.29 is 28.5 Å². The molecule has 3 unspecified atom stereocenters. The van der Waals surface area contributed by atoms with E-state index >= 15 is 0 Å². The van der Waals surface area contributed by atoms with E-state index in [0.717, 1.165) is 11.8 Å². The predicted molar refractivity (Wildman–Crippen MR) is 109 cm³/mol. The zero-order valence-electron chi connectivity index (χ0n) is 16.7. The Morgan fingerprint density at radius 3 is 2.68 bits per heavy atom. The van der Waals surface area contributed by atoms with Gasteiger partial charge in [-0.3, -0.25) is 4.90 Å². The number of hydrogen-bond acceptors (Lipinski definition) is 9. The quantitative estimate of drug-likeness (QED) is 0.469. The van der Waals surface area contributed by atoms with Gasteiger partial charge >= 0.3 is 0 Å². The molecule has 1 aliphatic rings. The summed E-state index contributed by atoms with van der Waals surface area (Å²) < 4.78 is 28.7. The fourth-order valence-electron chi connectivity index (χ4n) is 3.67. The smallest absolute Gasteiger partial charge is 0.244 e. The fourth-order valence-corrected chi connectivity index (χ4v) is 4.30. The molecule has 3 atom stereocenters. The second-order valence-corrected chi connectivity index (χ2v) is 9.61. The van der Waals surface area contributed by atoms with E-state index in [-0.39, 0.29) is 22.4 Å². The molecule has 0 amide bonds. The molecule has 4 rings (SSSR count). The van der Waals surface area contributed by atoms with Crippen LogP contribution in [-0.4, -0.2) is 52.7 Å². The van der Waals surface area contributed by atoms with E-state index in [4.69, 9.17) is 9.73 Å². The Morgan fingerprint density at radius 2 is 2.00 bits per heavy atom. The van der Waals surface area contributed by atoms with Crippen LogP contribution in [0.1, 0.15) is 23.9 Å². The van der Waals surface area contributed by atoms with Gasteiger partial charge in [0.25, 0.3) is 0 Å². The van der Waals surface area contributed by atoms with Crippen LogP contribution in [0, 0.1) is 5.21 Å². The highest BCUT2D eigenvalue weighted by Crippen LogP contribution is 2.33. The van der Waals surface area contributed by atoms with Gasteiger partial charge in [-0.25, -0.2) is 13.6 Å². The molecule has 0 spiro atoms. The van der Waals surface area contributed by atoms with Crippen molar-refractivity contribution in [1.29, 1.82) is 0 Å². The normalized spacial score (nSPS) is 20.8. The largest absolute Gasteiger partial charge is 0.595 e. The summed E-state index contributed by atoms with van der Waals surface area (Å²) in [5, 5.41) is 33.5. The average molecular weight is 446 g/mol. The molecule has 10 nitrogen and oxygen atoms in total. The van der Waals surface area contributed by atoms with E-state index in [1.165, 1.54) is 12.1 Å². The van der Waals surface area contributed by atoms with Crippen LogP contribution in [0.15, 0.2) is 57.9 Å². The molecule has 0 aliphatic carbocycles. The lowest BCUT2D eigenvalue weighted by Crippen LogP contribution is -2.99. The predicted octanol–water partition coefficient (Wildman–Crippen LogP) is 0.851. The Labute approximate surface area is 178 Å². The number of nitrogens with one attached hydrogen (secondary N) is 1. The van der Waals surface area contributed by atoms with Crippen LogP contribution in [-0.2, 0) is 16.4 Å². The molecule has 1 aromatic heterocycles. The molecule has 11 heteroatoms. The van der Waals surface area contributed by atoms with Gasteiger partial charge in [0, 0.05) is 37.0 Å². The first-order valence-electron chi connectivity index (χ1n) is 9.59. The van der Waals surface area contributed by atoms with Crippen molar-refractivity contribution in [2.75, 3.05) is 12.8 Å². The number of benzene rings is 2. The zero-order valence-corrected chi connectivity index (χ0v) is 17.5. The Balaban J connectivity index is 1.54. The number of nitrogens with zero attached hydrogens (tertiary/aromatic N) is 3. The van der Waals surface area contributed by atoms with Gasteiger partial charge < -0.3 is 14.8 Å². The van der Waals surface area contributed by atoms with Crippen LogP contribution >= 0.6 is 0 Å². The average Bonchev–Trinajstić information content (AvgIpc) is 3.34. The zero-order chi connectivity index (χ0) is 22.2. The summed E-state index contributed by atoms with van der Waals surface area (Å²) in [7, 11) is -3.27. The van der Waals surface area contributed by atoms with E-state index in [1.807, 2.05) is 4.90 Å². The third-order valence-corrected chi connectivity index (χ3v) is 6.34. The second-order valence-electron chi connectivity index (χ2n) is 7.59. The molecular formula is C20H22N4O6S. The number of aromatic nitrogens is 2. The molecule has 3 N–H and O–H groups in total. The third-order valence-electron chi connectivity index (χ3n) is 5.21. The third kappa shape index (κ3) is 4.82. The van der Waals surface area contributed by atoms with Crippen molar-refractivity contribution in [1.82, 2.24) is 15.0 Å². The number of likely N-dealkylation sites (tertiary alicyclic amines) is 1. The van der Waals surface area contributed by atoms with Crippen molar-refractivity contribution in [3.05, 3.63) is 65.2 Å². The molecule has 1 aliphatic heterocycles. The van der Waals surface area contributed by atoms with Gasteiger partial charge in [-0.15, -0.1) is 0 Å². The highest BCUT2D eigenvalue weighted by atomic mass is 32.2. The molecule has 0 bridgehead atoms. The maximum Gasteiger partial charge on any atom is 0.244 e. The molecule has 164 valence electrons. The maximum atomic E-state index is 11.6. The molecule has 3 aromatic rings. The molecule has 0 saturated carbocycles. The lowest BCUT2D eigenvalue weighted by molar-refractivity contribution is -0.991. The molecule has 1 saturated heterocycles. The van der Waals surface area contributed by atoms with Gasteiger partial charge in [0.05, 0.1) is 17.0 Å². The number of quaternary nitrogens is 1. The first-order chi connectivity index (χ1) is 14.7. The van der Waals surface area contributed by atoms with Gasteiger partial charge in [0.1, 0.15) is 0 Å².